The molecule has 0 fully saturated rings. The SMILES string of the molecule is CCOC(=O)c1ccc(OC(=O)c2ccco2)cc1. The van der Waals surface area contributed by atoms with E-state index in [9.17, 15) is 9.59 Å². The molecular weight excluding hydrogens is 248 g/mol. The Kier molecular flexibility index (Phi) is 3.97. The largest absolute Gasteiger partial charge is 0.462 e. The second-order valence-electron chi connectivity index (χ2n) is 3.61. The van der Waals surface area contributed by atoms with Crippen molar-refractivity contribution in [2.45, 2.75) is 6.92 Å². The lowest BCUT2D eigenvalue weighted by atomic mass is 10.2. The summed E-state index contributed by atoms with van der Waals surface area (Å²) in [6.07, 6.45) is 1.39. The average molecular weight is 260 g/mol. The molecule has 0 unspecified atom stereocenters. The Labute approximate surface area is 109 Å². The molecule has 5 nitrogen and oxygen atoms in total. The van der Waals surface area contributed by atoms with E-state index in [-0.39, 0.29) is 5.76 Å². The molecule has 5 heteroatoms. The van der Waals surface area contributed by atoms with Gasteiger partial charge in [0.15, 0.2) is 0 Å². The van der Waals surface area contributed by atoms with Gasteiger partial charge < -0.3 is 13.9 Å². The minimum Gasteiger partial charge on any atom is -0.462 e. The average Bonchev–Trinajstić information content (AvgIpc) is 2.94. The molecule has 2 aromatic rings. The maximum atomic E-state index is 11.6. The lowest BCUT2D eigenvalue weighted by Crippen LogP contribution is -2.08. The Hall–Kier alpha value is -2.56. The van der Waals surface area contributed by atoms with Gasteiger partial charge in [-0.2, -0.15) is 0 Å². The van der Waals surface area contributed by atoms with E-state index in [1.807, 2.05) is 0 Å². The second-order valence-corrected chi connectivity index (χ2v) is 3.61. The molecule has 98 valence electrons. The summed E-state index contributed by atoms with van der Waals surface area (Å²) >= 11 is 0. The van der Waals surface area contributed by atoms with Gasteiger partial charge in [0.1, 0.15) is 5.75 Å². The molecule has 0 saturated heterocycles. The number of esters is 2. The van der Waals surface area contributed by atoms with Gasteiger partial charge in [0, 0.05) is 0 Å². The second kappa shape index (κ2) is 5.86. The zero-order valence-corrected chi connectivity index (χ0v) is 10.3. The van der Waals surface area contributed by atoms with Gasteiger partial charge in [-0.3, -0.25) is 0 Å². The monoisotopic (exact) mass is 260 g/mol. The molecule has 1 aromatic carbocycles. The zero-order valence-electron chi connectivity index (χ0n) is 10.3. The maximum Gasteiger partial charge on any atom is 0.379 e. The number of carbonyl (C=O) groups is 2. The number of carbonyl (C=O) groups excluding carboxylic acids is 2. The van der Waals surface area contributed by atoms with E-state index in [1.165, 1.54) is 36.6 Å². The third kappa shape index (κ3) is 3.22. The molecule has 1 heterocycles. The topological polar surface area (TPSA) is 65.7 Å². The van der Waals surface area contributed by atoms with Crippen molar-refractivity contribution in [1.82, 2.24) is 0 Å². The van der Waals surface area contributed by atoms with Crippen LogP contribution >= 0.6 is 0 Å². The van der Waals surface area contributed by atoms with Crippen LogP contribution in [0.4, 0.5) is 0 Å². The Balaban J connectivity index is 2.03. The fraction of sp³-hybridized carbons (Fsp3) is 0.143. The molecule has 0 aliphatic carbocycles. The predicted molar refractivity (Wildman–Crippen MR) is 66.1 cm³/mol. The maximum absolute atomic E-state index is 11.6. The number of hydrogen-bond donors (Lipinski definition) is 0. The summed E-state index contributed by atoms with van der Waals surface area (Å²) in [5, 5.41) is 0. The van der Waals surface area contributed by atoms with Crippen molar-refractivity contribution in [2.75, 3.05) is 6.61 Å². The number of benzene rings is 1. The standard InChI is InChI=1S/C14H12O5/c1-2-17-13(15)10-5-7-11(8-6-10)19-14(16)12-4-3-9-18-12/h3-9H,2H2,1H3. The number of hydrogen-bond acceptors (Lipinski definition) is 5. The first-order valence-corrected chi connectivity index (χ1v) is 5.73. The van der Waals surface area contributed by atoms with Crippen molar-refractivity contribution >= 4 is 11.9 Å². The molecule has 0 aliphatic heterocycles. The van der Waals surface area contributed by atoms with Crippen molar-refractivity contribution < 1.29 is 23.5 Å². The van der Waals surface area contributed by atoms with Crippen LogP contribution in [0.1, 0.15) is 27.8 Å². The molecule has 2 rings (SSSR count). The molecule has 0 amide bonds. The van der Waals surface area contributed by atoms with Crippen molar-refractivity contribution in [1.29, 1.82) is 0 Å². The smallest absolute Gasteiger partial charge is 0.379 e. The molecule has 1 aromatic heterocycles. The number of ether oxygens (including phenoxy) is 2. The third-order valence-electron chi connectivity index (χ3n) is 2.30. The Morgan fingerprint density at radius 3 is 2.42 bits per heavy atom. The van der Waals surface area contributed by atoms with E-state index < -0.39 is 11.9 Å². The first-order valence-electron chi connectivity index (χ1n) is 5.73. The van der Waals surface area contributed by atoms with Crippen LogP contribution in [-0.4, -0.2) is 18.5 Å². The minimum atomic E-state index is -0.589. The summed E-state index contributed by atoms with van der Waals surface area (Å²) in [6, 6.07) is 9.21. The quantitative estimate of drug-likeness (QED) is 0.624. The minimum absolute atomic E-state index is 0.120. The lowest BCUT2D eigenvalue weighted by molar-refractivity contribution is 0.0526. The molecule has 0 N–H and O–H groups in total. The highest BCUT2D eigenvalue weighted by atomic mass is 16.5. The van der Waals surface area contributed by atoms with Gasteiger partial charge >= 0.3 is 11.9 Å². The number of rotatable bonds is 4. The van der Waals surface area contributed by atoms with Crippen LogP contribution < -0.4 is 4.74 Å². The van der Waals surface area contributed by atoms with Crippen LogP contribution in [0, 0.1) is 0 Å². The Morgan fingerprint density at radius 2 is 1.84 bits per heavy atom. The number of furan rings is 1. The molecule has 0 saturated carbocycles. The van der Waals surface area contributed by atoms with Crippen LogP contribution in [0.15, 0.2) is 47.1 Å². The highest BCUT2D eigenvalue weighted by Crippen LogP contribution is 2.15. The predicted octanol–water partition coefficient (Wildman–Crippen LogP) is 2.68. The normalized spacial score (nSPS) is 9.95. The summed E-state index contributed by atoms with van der Waals surface area (Å²) < 4.78 is 14.8. The fourth-order valence-electron chi connectivity index (χ4n) is 1.43. The molecule has 0 spiro atoms. The Bertz CT molecular complexity index is 554. The van der Waals surface area contributed by atoms with E-state index >= 15 is 0 Å². The summed E-state index contributed by atoms with van der Waals surface area (Å²) in [7, 11) is 0. The van der Waals surface area contributed by atoms with E-state index in [0.717, 1.165) is 0 Å². The summed E-state index contributed by atoms with van der Waals surface area (Å²) in [5.41, 5.74) is 0.402. The van der Waals surface area contributed by atoms with Gasteiger partial charge in [-0.15, -0.1) is 0 Å². The van der Waals surface area contributed by atoms with Crippen LogP contribution in [0.25, 0.3) is 0 Å². The van der Waals surface area contributed by atoms with Crippen LogP contribution in [0.3, 0.4) is 0 Å². The van der Waals surface area contributed by atoms with Gasteiger partial charge in [-0.25, -0.2) is 9.59 Å². The first-order chi connectivity index (χ1) is 9.20. The Morgan fingerprint density at radius 1 is 1.11 bits per heavy atom. The van der Waals surface area contributed by atoms with Crippen molar-refractivity contribution in [3.8, 4) is 5.75 Å². The fourth-order valence-corrected chi connectivity index (χ4v) is 1.43. The van der Waals surface area contributed by atoms with E-state index in [1.54, 1.807) is 13.0 Å². The summed E-state index contributed by atoms with van der Waals surface area (Å²) in [4.78, 5) is 23.0. The van der Waals surface area contributed by atoms with Gasteiger partial charge in [0.2, 0.25) is 5.76 Å². The molecule has 0 bridgehead atoms. The van der Waals surface area contributed by atoms with Crippen molar-refractivity contribution in [3.05, 3.63) is 54.0 Å². The molecule has 0 atom stereocenters. The summed E-state index contributed by atoms with van der Waals surface area (Å²) in [5.74, 6) is -0.552. The van der Waals surface area contributed by atoms with Crippen molar-refractivity contribution in [3.63, 3.8) is 0 Å². The molecular formula is C14H12O5. The van der Waals surface area contributed by atoms with E-state index in [4.69, 9.17) is 13.9 Å². The first kappa shape index (κ1) is 12.9. The zero-order chi connectivity index (χ0) is 13.7. The molecule has 0 radical (unpaired) electrons. The van der Waals surface area contributed by atoms with Crippen LogP contribution in [-0.2, 0) is 4.74 Å². The van der Waals surface area contributed by atoms with Gasteiger partial charge in [0.05, 0.1) is 18.4 Å². The van der Waals surface area contributed by atoms with Gasteiger partial charge in [-0.1, -0.05) is 0 Å². The molecule has 19 heavy (non-hydrogen) atoms. The molecule has 0 aliphatic rings. The third-order valence-corrected chi connectivity index (χ3v) is 2.30. The van der Waals surface area contributed by atoms with E-state index in [2.05, 4.69) is 0 Å². The highest BCUT2D eigenvalue weighted by molar-refractivity contribution is 5.90. The summed E-state index contributed by atoms with van der Waals surface area (Å²) in [6.45, 7) is 2.05. The van der Waals surface area contributed by atoms with Crippen molar-refractivity contribution in [2.24, 2.45) is 0 Å². The highest BCUT2D eigenvalue weighted by Gasteiger charge is 2.12. The lowest BCUT2D eigenvalue weighted by Gasteiger charge is -2.04. The van der Waals surface area contributed by atoms with Crippen LogP contribution in [0.5, 0.6) is 5.75 Å². The van der Waals surface area contributed by atoms with Gasteiger partial charge in [0.25, 0.3) is 0 Å². The van der Waals surface area contributed by atoms with Gasteiger partial charge in [-0.05, 0) is 43.3 Å². The van der Waals surface area contributed by atoms with E-state index in [0.29, 0.717) is 17.9 Å². The van der Waals surface area contributed by atoms with Crippen LogP contribution in [0.2, 0.25) is 0 Å².